The van der Waals surface area contributed by atoms with Crippen LogP contribution in [-0.4, -0.2) is 15.8 Å². The summed E-state index contributed by atoms with van der Waals surface area (Å²) >= 11 is 0. The predicted octanol–water partition coefficient (Wildman–Crippen LogP) is 8.53. The number of benzene rings is 1. The minimum Gasteiger partial charge on any atom is -0.366 e. The Balaban J connectivity index is 1.21. The number of fused-ring (bicyclic) bond motifs is 6. The lowest BCUT2D eigenvalue weighted by Gasteiger charge is -2.60. The Morgan fingerprint density at radius 1 is 0.944 bits per heavy atom. The van der Waals surface area contributed by atoms with Crippen LogP contribution in [0.25, 0.3) is 5.69 Å². The van der Waals surface area contributed by atoms with Crippen LogP contribution in [0.15, 0.2) is 36.5 Å². The van der Waals surface area contributed by atoms with Crippen molar-refractivity contribution in [2.75, 3.05) is 5.32 Å². The minimum absolute atomic E-state index is 0.350. The van der Waals surface area contributed by atoms with Gasteiger partial charge < -0.3 is 5.32 Å². The van der Waals surface area contributed by atoms with Gasteiger partial charge in [-0.2, -0.15) is 5.10 Å². The molecule has 3 saturated carbocycles. The summed E-state index contributed by atoms with van der Waals surface area (Å²) in [5.41, 5.74) is 3.52. The Morgan fingerprint density at radius 3 is 2.50 bits per heavy atom. The molecule has 1 aromatic heterocycles. The Hall–Kier alpha value is -1.77. The largest absolute Gasteiger partial charge is 0.366 e. The molecule has 196 valence electrons. The molecule has 0 spiro atoms. The second-order valence-electron chi connectivity index (χ2n) is 14.1. The maximum atomic E-state index is 4.84. The van der Waals surface area contributed by atoms with Gasteiger partial charge in [-0.05, 0) is 103 Å². The second-order valence-corrected chi connectivity index (χ2v) is 14.1. The third-order valence-corrected chi connectivity index (χ3v) is 11.8. The van der Waals surface area contributed by atoms with E-state index in [0.29, 0.717) is 16.9 Å². The van der Waals surface area contributed by atoms with E-state index >= 15 is 0 Å². The summed E-state index contributed by atoms with van der Waals surface area (Å²) in [6, 6.07) is 11.2. The fourth-order valence-electron chi connectivity index (χ4n) is 9.98. The SMILES string of the molecule is CC(C)CCCC(C)[C@H]1CCC2[C@@H]3CCC4Nc5c(cnn5-c5ccccc5)C[C@]4(C)C3CC[C@@]21C. The van der Waals surface area contributed by atoms with E-state index in [9.17, 15) is 0 Å². The molecule has 1 aliphatic heterocycles. The van der Waals surface area contributed by atoms with Crippen molar-refractivity contribution in [3.63, 3.8) is 0 Å². The van der Waals surface area contributed by atoms with E-state index in [0.717, 1.165) is 41.2 Å². The third-order valence-electron chi connectivity index (χ3n) is 11.8. The van der Waals surface area contributed by atoms with Crippen molar-refractivity contribution in [3.05, 3.63) is 42.1 Å². The van der Waals surface area contributed by atoms with Crippen LogP contribution in [0.2, 0.25) is 0 Å². The summed E-state index contributed by atoms with van der Waals surface area (Å²) in [6.45, 7) is 12.7. The molecule has 0 radical (unpaired) electrons. The van der Waals surface area contributed by atoms with Crippen molar-refractivity contribution in [1.82, 2.24) is 9.78 Å². The van der Waals surface area contributed by atoms with Crippen molar-refractivity contribution >= 4 is 5.82 Å². The van der Waals surface area contributed by atoms with Crippen LogP contribution >= 0.6 is 0 Å². The van der Waals surface area contributed by atoms with E-state index in [2.05, 4.69) is 81.1 Å². The fourth-order valence-corrected chi connectivity index (χ4v) is 9.98. The van der Waals surface area contributed by atoms with Crippen molar-refractivity contribution < 1.29 is 0 Å². The predicted molar refractivity (Wildman–Crippen MR) is 150 cm³/mol. The Morgan fingerprint density at radius 2 is 1.72 bits per heavy atom. The summed E-state index contributed by atoms with van der Waals surface area (Å²) in [5, 5.41) is 8.89. The van der Waals surface area contributed by atoms with E-state index in [-0.39, 0.29) is 0 Å². The maximum Gasteiger partial charge on any atom is 0.133 e. The zero-order valence-electron chi connectivity index (χ0n) is 23.5. The monoisotopic (exact) mass is 487 g/mol. The number of nitrogens with zero attached hydrogens (tertiary/aromatic N) is 2. The molecule has 6 rings (SSSR count). The van der Waals surface area contributed by atoms with E-state index in [1.165, 1.54) is 75.6 Å². The molecule has 8 atom stereocenters. The number of rotatable bonds is 6. The van der Waals surface area contributed by atoms with Crippen molar-refractivity contribution in [3.8, 4) is 5.69 Å². The first kappa shape index (κ1) is 24.6. The molecule has 0 bridgehead atoms. The minimum atomic E-state index is 0.350. The lowest BCUT2D eigenvalue weighted by Crippen LogP contribution is -2.58. The highest BCUT2D eigenvalue weighted by atomic mass is 15.3. The molecular formula is C33H49N3. The summed E-state index contributed by atoms with van der Waals surface area (Å²) < 4.78 is 2.14. The van der Waals surface area contributed by atoms with Gasteiger partial charge in [-0.3, -0.25) is 0 Å². The fraction of sp³-hybridized carbons (Fsp3) is 0.727. The lowest BCUT2D eigenvalue weighted by atomic mass is 9.46. The van der Waals surface area contributed by atoms with Gasteiger partial charge in [-0.15, -0.1) is 0 Å². The molecule has 4 aliphatic rings. The Kier molecular flexibility index (Phi) is 6.28. The summed E-state index contributed by atoms with van der Waals surface area (Å²) in [4.78, 5) is 0. The van der Waals surface area contributed by atoms with Gasteiger partial charge in [0.15, 0.2) is 0 Å². The molecule has 3 heteroatoms. The molecule has 0 saturated heterocycles. The van der Waals surface area contributed by atoms with E-state index in [1.54, 1.807) is 0 Å². The number of anilines is 1. The van der Waals surface area contributed by atoms with Crippen LogP contribution in [0.5, 0.6) is 0 Å². The van der Waals surface area contributed by atoms with E-state index < -0.39 is 0 Å². The number of para-hydroxylation sites is 1. The van der Waals surface area contributed by atoms with Gasteiger partial charge in [0.05, 0.1) is 11.9 Å². The molecular weight excluding hydrogens is 438 g/mol. The van der Waals surface area contributed by atoms with Gasteiger partial charge in [-0.25, -0.2) is 4.68 Å². The molecule has 1 aromatic carbocycles. The molecule has 2 aromatic rings. The summed E-state index contributed by atoms with van der Waals surface area (Å²) in [7, 11) is 0. The van der Waals surface area contributed by atoms with Crippen molar-refractivity contribution in [1.29, 1.82) is 0 Å². The lowest BCUT2D eigenvalue weighted by molar-refractivity contribution is -0.0809. The molecule has 4 unspecified atom stereocenters. The second kappa shape index (κ2) is 9.21. The van der Waals surface area contributed by atoms with Crippen LogP contribution in [0, 0.1) is 46.3 Å². The molecule has 3 aliphatic carbocycles. The van der Waals surface area contributed by atoms with Crippen molar-refractivity contribution in [2.24, 2.45) is 46.3 Å². The average molecular weight is 488 g/mol. The first-order chi connectivity index (χ1) is 17.3. The van der Waals surface area contributed by atoms with Crippen LogP contribution in [0.4, 0.5) is 5.82 Å². The molecule has 0 amide bonds. The third kappa shape index (κ3) is 3.86. The van der Waals surface area contributed by atoms with Crippen LogP contribution in [-0.2, 0) is 6.42 Å². The first-order valence-electron chi connectivity index (χ1n) is 15.2. The normalized spacial score (nSPS) is 38.0. The molecule has 36 heavy (non-hydrogen) atoms. The van der Waals surface area contributed by atoms with Gasteiger partial charge >= 0.3 is 0 Å². The smallest absolute Gasteiger partial charge is 0.133 e. The van der Waals surface area contributed by atoms with Gasteiger partial charge in [0.2, 0.25) is 0 Å². The number of hydrogen-bond donors (Lipinski definition) is 1. The van der Waals surface area contributed by atoms with Crippen LogP contribution in [0.1, 0.15) is 98.0 Å². The number of hydrogen-bond acceptors (Lipinski definition) is 2. The van der Waals surface area contributed by atoms with E-state index in [4.69, 9.17) is 5.10 Å². The first-order valence-corrected chi connectivity index (χ1v) is 15.2. The average Bonchev–Trinajstić information content (AvgIpc) is 3.42. The highest BCUT2D eigenvalue weighted by molar-refractivity contribution is 5.54. The Bertz CT molecular complexity index is 1060. The van der Waals surface area contributed by atoms with E-state index in [1.807, 2.05) is 0 Å². The zero-order valence-corrected chi connectivity index (χ0v) is 23.5. The van der Waals surface area contributed by atoms with Gasteiger partial charge in [0.25, 0.3) is 0 Å². The summed E-state index contributed by atoms with van der Waals surface area (Å²) in [6.07, 6.45) is 16.2. The zero-order chi connectivity index (χ0) is 25.1. The van der Waals surface area contributed by atoms with Crippen molar-refractivity contribution in [2.45, 2.75) is 105 Å². The van der Waals surface area contributed by atoms with Crippen LogP contribution < -0.4 is 5.32 Å². The van der Waals surface area contributed by atoms with Crippen LogP contribution in [0.3, 0.4) is 0 Å². The highest BCUT2D eigenvalue weighted by Gasteiger charge is 2.60. The van der Waals surface area contributed by atoms with Gasteiger partial charge in [0.1, 0.15) is 5.82 Å². The summed E-state index contributed by atoms with van der Waals surface area (Å²) in [5.74, 6) is 6.65. The Labute approximate surface area is 219 Å². The highest BCUT2D eigenvalue weighted by Crippen LogP contribution is 2.67. The molecule has 2 heterocycles. The van der Waals surface area contributed by atoms with Gasteiger partial charge in [-0.1, -0.05) is 72.1 Å². The maximum absolute atomic E-state index is 4.84. The standard InChI is InChI=1S/C33H49N3/c1-22(2)10-9-11-23(3)27-15-16-28-26-14-17-30-33(5,29(26)18-19-32(27,28)4)20-24-21-34-36(31(24)35-30)25-12-7-6-8-13-25/h6-8,12-13,21-23,26-30,35H,9-11,14-20H2,1-5H3/t23?,26-,27+,28?,29?,30?,32+,33+/m0/s1. The molecule has 3 fully saturated rings. The molecule has 3 nitrogen and oxygen atoms in total. The number of aromatic nitrogens is 2. The topological polar surface area (TPSA) is 29.9 Å². The quantitative estimate of drug-likeness (QED) is 0.442. The number of nitrogens with one attached hydrogen (secondary N) is 1. The molecule has 1 N–H and O–H groups in total. The van der Waals surface area contributed by atoms with Gasteiger partial charge in [0, 0.05) is 11.6 Å².